The maximum atomic E-state index is 13.4. The number of fused-ring (bicyclic) bond motifs is 1. The highest BCUT2D eigenvalue weighted by molar-refractivity contribution is 5.78. The van der Waals surface area contributed by atoms with E-state index in [-0.39, 0.29) is 76.2 Å². The van der Waals surface area contributed by atoms with Crippen LogP contribution in [0.15, 0.2) is 48.5 Å². The van der Waals surface area contributed by atoms with E-state index in [4.69, 9.17) is 42.6 Å². The Kier molecular flexibility index (Phi) is 24.5. The molecule has 6 aliphatic rings. The molecule has 2 aromatic rings. The molecule has 6 bridgehead atoms. The van der Waals surface area contributed by atoms with Crippen molar-refractivity contribution in [3.8, 4) is 23.0 Å². The molecule has 8 rings (SSSR count). The molecule has 19 heteroatoms. The number of carbonyl (C=O) groups is 4. The Bertz CT molecular complexity index is 1600. The van der Waals surface area contributed by atoms with Crippen LogP contribution in [-0.4, -0.2) is 212 Å². The molecule has 0 aliphatic carbocycles. The van der Waals surface area contributed by atoms with Gasteiger partial charge in [-0.15, -0.1) is 0 Å². The normalized spacial score (nSPS) is 21.3. The minimum atomic E-state index is -0.663. The summed E-state index contributed by atoms with van der Waals surface area (Å²) in [4.78, 5) is 61.0. The lowest BCUT2D eigenvalue weighted by atomic mass is 10.2. The number of hydrogen-bond donors (Lipinski definition) is 2. The van der Waals surface area contributed by atoms with Gasteiger partial charge in [0.15, 0.2) is 0 Å². The van der Waals surface area contributed by atoms with Crippen molar-refractivity contribution in [2.24, 2.45) is 0 Å². The summed E-state index contributed by atoms with van der Waals surface area (Å²) in [6.45, 7) is 19.2. The van der Waals surface area contributed by atoms with Crippen LogP contribution in [0.5, 0.6) is 23.0 Å². The number of benzene rings is 2. The first kappa shape index (κ1) is 54.8. The first-order valence-corrected chi connectivity index (χ1v) is 23.4. The van der Waals surface area contributed by atoms with Crippen LogP contribution in [0.1, 0.15) is 41.5 Å². The highest BCUT2D eigenvalue weighted by Crippen LogP contribution is 2.19. The molecule has 67 heavy (non-hydrogen) atoms. The molecule has 6 aliphatic heterocycles. The molecule has 2 aromatic carbocycles. The van der Waals surface area contributed by atoms with Gasteiger partial charge in [-0.3, -0.25) is 38.8 Å². The molecule has 2 amide bonds. The van der Waals surface area contributed by atoms with Crippen LogP contribution in [0.3, 0.4) is 0 Å². The summed E-state index contributed by atoms with van der Waals surface area (Å²) in [6.07, 6.45) is 0. The van der Waals surface area contributed by atoms with Crippen molar-refractivity contribution < 1.29 is 61.8 Å². The largest absolute Gasteiger partial charge is 0.492 e. The van der Waals surface area contributed by atoms with Crippen molar-refractivity contribution in [2.45, 2.75) is 52.7 Å². The quantitative estimate of drug-likeness (QED) is 0.424. The Morgan fingerprint density at radius 2 is 0.746 bits per heavy atom. The van der Waals surface area contributed by atoms with Crippen molar-refractivity contribution in [3.05, 3.63) is 48.5 Å². The number of ether oxygens (including phenoxy) is 9. The fraction of sp³-hybridized carbons (Fsp3) is 0.667. The second-order valence-corrected chi connectivity index (χ2v) is 18.2. The number of carbonyl (C=O) groups excluding carboxylic acids is 4. The van der Waals surface area contributed by atoms with E-state index in [2.05, 4.69) is 10.6 Å². The summed E-state index contributed by atoms with van der Waals surface area (Å²) in [5, 5.41) is 5.92. The lowest BCUT2D eigenvalue weighted by molar-refractivity contribution is -0.157. The van der Waals surface area contributed by atoms with Crippen molar-refractivity contribution in [3.63, 3.8) is 0 Å². The van der Waals surface area contributed by atoms with Crippen LogP contribution >= 0.6 is 0 Å². The van der Waals surface area contributed by atoms with E-state index in [0.29, 0.717) is 128 Å². The first-order chi connectivity index (χ1) is 32.1. The topological polar surface area (TPSA) is 188 Å². The van der Waals surface area contributed by atoms with Gasteiger partial charge in [0, 0.05) is 52.4 Å². The molecule has 1 fully saturated rings. The molecule has 1 saturated heterocycles. The lowest BCUT2D eigenvalue weighted by Crippen LogP contribution is -2.51. The van der Waals surface area contributed by atoms with Gasteiger partial charge >= 0.3 is 11.9 Å². The van der Waals surface area contributed by atoms with Crippen LogP contribution in [0, 0.1) is 0 Å². The van der Waals surface area contributed by atoms with Crippen LogP contribution in [0.2, 0.25) is 0 Å². The summed E-state index contributed by atoms with van der Waals surface area (Å²) in [6, 6.07) is 14.5. The monoisotopic (exact) mass is 945 g/mol. The van der Waals surface area contributed by atoms with Crippen LogP contribution in [0.25, 0.3) is 0 Å². The van der Waals surface area contributed by atoms with Crippen molar-refractivity contribution >= 4 is 23.8 Å². The molecule has 0 atom stereocenters. The van der Waals surface area contributed by atoms with E-state index in [9.17, 15) is 19.2 Å². The van der Waals surface area contributed by atoms with E-state index >= 15 is 0 Å². The van der Waals surface area contributed by atoms with E-state index < -0.39 is 11.2 Å². The van der Waals surface area contributed by atoms with Crippen LogP contribution in [0.4, 0.5) is 0 Å². The van der Waals surface area contributed by atoms with Gasteiger partial charge in [-0.05, 0) is 90.1 Å². The van der Waals surface area contributed by atoms with E-state index in [0.717, 1.165) is 0 Å². The molecule has 6 heterocycles. The zero-order valence-electron chi connectivity index (χ0n) is 40.7. The standard InChI is InChI=1S/C48H76N6O13/c1-47(2,3)66-45(57)37-53-21-17-51-19-23-54(38-46(58)67-48(4,5)6)24-20-52(18-22-53)36-44(56)50-16-26-63-40-9-13-42(14-10-40)65-34-32-61-30-28-59-27-29-60-31-33-64-41-11-7-39(8-12-41)62-25-15-49-43(55)35-51/h7-14H,15-38H2,1-6H3,(H,49,55)(H,50,56). The zero-order chi connectivity index (χ0) is 48.3. The molecule has 19 nitrogen and oxygen atoms in total. The van der Waals surface area contributed by atoms with E-state index in [1.807, 2.05) is 110 Å². The van der Waals surface area contributed by atoms with Crippen LogP contribution < -0.4 is 29.6 Å². The number of esters is 2. The van der Waals surface area contributed by atoms with Gasteiger partial charge in [0.05, 0.1) is 78.9 Å². The molecule has 0 radical (unpaired) electrons. The second kappa shape index (κ2) is 29.9. The predicted octanol–water partition coefficient (Wildman–Crippen LogP) is 2.10. The Balaban J connectivity index is 1.44. The Morgan fingerprint density at radius 1 is 0.463 bits per heavy atom. The summed E-state index contributed by atoms with van der Waals surface area (Å²) >= 11 is 0. The van der Waals surface area contributed by atoms with Gasteiger partial charge in [-0.2, -0.15) is 0 Å². The molecule has 376 valence electrons. The number of rotatable bonds is 4. The molecule has 0 aromatic heterocycles. The molecular formula is C48H76N6O13. The fourth-order valence-electron chi connectivity index (χ4n) is 6.80. The number of nitrogens with zero attached hydrogens (tertiary/aromatic N) is 4. The summed E-state index contributed by atoms with van der Waals surface area (Å²) in [5.74, 6) is 1.53. The third-order valence-electron chi connectivity index (χ3n) is 9.98. The second-order valence-electron chi connectivity index (χ2n) is 18.2. The SMILES string of the molecule is CC(C)(C)OC(=O)CN1CCN2CCN(CC(=O)OC(C)(C)C)CCN(CC1)CC(=O)NCCOc1ccc(cc1)OCCOCCOCCOCCOc1ccc(cc1)OCCNC(=O)C2. The van der Waals surface area contributed by atoms with Gasteiger partial charge in [0.1, 0.15) is 60.6 Å². The Hall–Kier alpha value is -4.76. The third-order valence-corrected chi connectivity index (χ3v) is 9.98. The smallest absolute Gasteiger partial charge is 0.320 e. The van der Waals surface area contributed by atoms with Crippen LogP contribution in [-0.2, 0) is 42.9 Å². The van der Waals surface area contributed by atoms with Crippen molar-refractivity contribution in [2.75, 3.05) is 158 Å². The third kappa shape index (κ3) is 25.8. The average molecular weight is 945 g/mol. The minimum absolute atomic E-state index is 0.0374. The average Bonchev–Trinajstić information content (AvgIpc) is 3.25. The van der Waals surface area contributed by atoms with Crippen molar-refractivity contribution in [1.29, 1.82) is 0 Å². The number of hydrogen-bond acceptors (Lipinski definition) is 17. The fourth-order valence-corrected chi connectivity index (χ4v) is 6.80. The van der Waals surface area contributed by atoms with Gasteiger partial charge in [-0.1, -0.05) is 0 Å². The van der Waals surface area contributed by atoms with Gasteiger partial charge < -0.3 is 53.3 Å². The van der Waals surface area contributed by atoms with E-state index in [1.54, 1.807) is 0 Å². The number of amides is 2. The summed E-state index contributed by atoms with van der Waals surface area (Å²) in [7, 11) is 0. The van der Waals surface area contributed by atoms with Gasteiger partial charge in [0.25, 0.3) is 0 Å². The molecular weight excluding hydrogens is 869 g/mol. The predicted molar refractivity (Wildman–Crippen MR) is 251 cm³/mol. The zero-order valence-corrected chi connectivity index (χ0v) is 40.7. The highest BCUT2D eigenvalue weighted by Gasteiger charge is 2.25. The molecule has 2 N–H and O–H groups in total. The van der Waals surface area contributed by atoms with E-state index in [1.165, 1.54) is 0 Å². The van der Waals surface area contributed by atoms with Gasteiger partial charge in [0.2, 0.25) is 11.8 Å². The summed E-state index contributed by atoms with van der Waals surface area (Å²) < 4.78 is 51.5. The Labute approximate surface area is 396 Å². The minimum Gasteiger partial charge on any atom is -0.492 e. The summed E-state index contributed by atoms with van der Waals surface area (Å²) in [5.41, 5.74) is -1.33. The van der Waals surface area contributed by atoms with Gasteiger partial charge in [-0.25, -0.2) is 0 Å². The molecule has 0 unspecified atom stereocenters. The number of nitrogens with one attached hydrogen (secondary N) is 2. The Morgan fingerprint density at radius 3 is 1.04 bits per heavy atom. The highest BCUT2D eigenvalue weighted by atomic mass is 16.6. The molecule has 0 spiro atoms. The molecule has 0 saturated carbocycles. The maximum absolute atomic E-state index is 13.4. The lowest BCUT2D eigenvalue weighted by Gasteiger charge is -2.34. The first-order valence-electron chi connectivity index (χ1n) is 23.4. The van der Waals surface area contributed by atoms with Crippen molar-refractivity contribution in [1.82, 2.24) is 30.2 Å². The maximum Gasteiger partial charge on any atom is 0.320 e.